The van der Waals surface area contributed by atoms with Crippen molar-refractivity contribution in [2.24, 2.45) is 0 Å². The van der Waals surface area contributed by atoms with Gasteiger partial charge in [0.05, 0.1) is 34.3 Å². The summed E-state index contributed by atoms with van der Waals surface area (Å²) in [6.07, 6.45) is 1.01. The third-order valence-corrected chi connectivity index (χ3v) is 8.08. The highest BCUT2D eigenvalue weighted by Crippen LogP contribution is 2.28. The highest BCUT2D eigenvalue weighted by atomic mass is 35.5. The predicted octanol–water partition coefficient (Wildman–Crippen LogP) is 3.78. The van der Waals surface area contributed by atoms with E-state index in [1.165, 1.54) is 40.1 Å². The molecule has 1 N–H and O–H groups in total. The van der Waals surface area contributed by atoms with Crippen molar-refractivity contribution in [2.45, 2.75) is 37.5 Å². The molecule has 0 unspecified atom stereocenters. The second-order valence-electron chi connectivity index (χ2n) is 7.53. The van der Waals surface area contributed by atoms with Crippen LogP contribution in [0.1, 0.15) is 29.9 Å². The third kappa shape index (κ3) is 4.89. The number of thiophene rings is 1. The minimum atomic E-state index is -3.89. The van der Waals surface area contributed by atoms with E-state index >= 15 is 0 Å². The second kappa shape index (κ2) is 9.32. The van der Waals surface area contributed by atoms with E-state index in [2.05, 4.69) is 10.3 Å². The van der Waals surface area contributed by atoms with Gasteiger partial charge in [-0.3, -0.25) is 4.79 Å². The molecule has 0 saturated carbocycles. The van der Waals surface area contributed by atoms with Crippen LogP contribution in [0.2, 0.25) is 5.02 Å². The third-order valence-electron chi connectivity index (χ3n) is 4.91. The van der Waals surface area contributed by atoms with Crippen LogP contribution in [0.4, 0.5) is 0 Å². The molecule has 1 aromatic carbocycles. The molecule has 1 aliphatic heterocycles. The quantitative estimate of drug-likeness (QED) is 0.558. The largest absolute Gasteiger partial charge is 0.443 e. The van der Waals surface area contributed by atoms with E-state index in [4.69, 9.17) is 20.8 Å². The Morgan fingerprint density at radius 2 is 2.03 bits per heavy atom. The maximum Gasteiger partial charge on any atom is 0.251 e. The van der Waals surface area contributed by atoms with Crippen LogP contribution in [-0.4, -0.2) is 48.9 Å². The first kappa shape index (κ1) is 22.9. The SMILES string of the molecule is C[C@H]1CN(S(=O)(=O)c2cc(C(=O)NCc3coc(-c4cccs4)n3)ccc2Cl)C[C@H](C)O1. The zero-order chi connectivity index (χ0) is 22.9. The van der Waals surface area contributed by atoms with Gasteiger partial charge in [-0.25, -0.2) is 13.4 Å². The lowest BCUT2D eigenvalue weighted by Crippen LogP contribution is -2.48. The molecule has 2 atom stereocenters. The van der Waals surface area contributed by atoms with E-state index in [0.29, 0.717) is 11.6 Å². The highest BCUT2D eigenvalue weighted by Gasteiger charge is 2.33. The van der Waals surface area contributed by atoms with Crippen LogP contribution >= 0.6 is 22.9 Å². The topological polar surface area (TPSA) is 102 Å². The number of benzene rings is 1. The van der Waals surface area contributed by atoms with Crippen molar-refractivity contribution in [2.75, 3.05) is 13.1 Å². The van der Waals surface area contributed by atoms with E-state index in [-0.39, 0.29) is 47.3 Å². The average Bonchev–Trinajstić information content (AvgIpc) is 3.43. The van der Waals surface area contributed by atoms with Gasteiger partial charge in [-0.1, -0.05) is 17.7 Å². The molecule has 1 fully saturated rings. The molecule has 170 valence electrons. The molecule has 2 aromatic heterocycles. The fourth-order valence-electron chi connectivity index (χ4n) is 3.48. The normalized spacial score (nSPS) is 19.7. The minimum Gasteiger partial charge on any atom is -0.443 e. The molecule has 8 nitrogen and oxygen atoms in total. The Morgan fingerprint density at radius 3 is 2.72 bits per heavy atom. The van der Waals surface area contributed by atoms with Gasteiger partial charge in [-0.15, -0.1) is 11.3 Å². The van der Waals surface area contributed by atoms with Crippen molar-refractivity contribution in [1.29, 1.82) is 0 Å². The van der Waals surface area contributed by atoms with Gasteiger partial charge in [0.25, 0.3) is 5.91 Å². The number of halogens is 1. The van der Waals surface area contributed by atoms with Crippen LogP contribution in [0.15, 0.2) is 51.3 Å². The maximum absolute atomic E-state index is 13.2. The number of carbonyl (C=O) groups excluding carboxylic acids is 1. The Morgan fingerprint density at radius 1 is 1.28 bits per heavy atom. The Balaban J connectivity index is 1.49. The lowest BCUT2D eigenvalue weighted by Gasteiger charge is -2.34. The highest BCUT2D eigenvalue weighted by molar-refractivity contribution is 7.89. The van der Waals surface area contributed by atoms with Gasteiger partial charge in [0, 0.05) is 18.7 Å². The van der Waals surface area contributed by atoms with Crippen molar-refractivity contribution in [3.05, 3.63) is 58.3 Å². The molecule has 32 heavy (non-hydrogen) atoms. The van der Waals surface area contributed by atoms with Gasteiger partial charge in [0.15, 0.2) is 0 Å². The van der Waals surface area contributed by atoms with Crippen LogP contribution in [0.3, 0.4) is 0 Å². The number of nitrogens with one attached hydrogen (secondary N) is 1. The number of hydrogen-bond donors (Lipinski definition) is 1. The smallest absolute Gasteiger partial charge is 0.251 e. The Kier molecular flexibility index (Phi) is 6.68. The summed E-state index contributed by atoms with van der Waals surface area (Å²) in [4.78, 5) is 17.8. The van der Waals surface area contributed by atoms with Crippen molar-refractivity contribution in [1.82, 2.24) is 14.6 Å². The molecule has 1 aliphatic rings. The van der Waals surface area contributed by atoms with Crippen molar-refractivity contribution >= 4 is 38.9 Å². The lowest BCUT2D eigenvalue weighted by molar-refractivity contribution is -0.0440. The molecule has 0 radical (unpaired) electrons. The lowest BCUT2D eigenvalue weighted by atomic mass is 10.2. The molecule has 0 aliphatic carbocycles. The van der Waals surface area contributed by atoms with Gasteiger partial charge in [-0.05, 0) is 43.5 Å². The van der Waals surface area contributed by atoms with Crippen LogP contribution in [0.25, 0.3) is 10.8 Å². The summed E-state index contributed by atoms with van der Waals surface area (Å²) in [7, 11) is -3.89. The predicted molar refractivity (Wildman–Crippen MR) is 121 cm³/mol. The molecule has 1 saturated heterocycles. The summed E-state index contributed by atoms with van der Waals surface area (Å²) in [6.45, 7) is 4.21. The van der Waals surface area contributed by atoms with Gasteiger partial charge >= 0.3 is 0 Å². The molecule has 0 spiro atoms. The molecule has 1 amide bonds. The van der Waals surface area contributed by atoms with Crippen LogP contribution in [-0.2, 0) is 21.3 Å². The van der Waals surface area contributed by atoms with Crippen molar-refractivity contribution < 1.29 is 22.4 Å². The van der Waals surface area contributed by atoms with E-state index in [1.54, 1.807) is 0 Å². The van der Waals surface area contributed by atoms with Crippen molar-refractivity contribution in [3.8, 4) is 10.8 Å². The van der Waals surface area contributed by atoms with Crippen LogP contribution < -0.4 is 5.32 Å². The molecule has 3 heterocycles. The molecular weight excluding hydrogens is 474 g/mol. The van der Waals surface area contributed by atoms with Crippen LogP contribution in [0, 0.1) is 0 Å². The summed E-state index contributed by atoms with van der Waals surface area (Å²) < 4.78 is 38.8. The second-order valence-corrected chi connectivity index (χ2v) is 10.8. The number of morpholine rings is 1. The van der Waals surface area contributed by atoms with Gasteiger partial charge in [0.2, 0.25) is 15.9 Å². The summed E-state index contributed by atoms with van der Waals surface area (Å²) in [6, 6.07) is 8.00. The van der Waals surface area contributed by atoms with E-state index in [0.717, 1.165) is 4.88 Å². The fourth-order valence-corrected chi connectivity index (χ4v) is 6.23. The van der Waals surface area contributed by atoms with Crippen molar-refractivity contribution in [3.63, 3.8) is 0 Å². The minimum absolute atomic E-state index is 0.0606. The number of carbonyl (C=O) groups is 1. The summed E-state index contributed by atoms with van der Waals surface area (Å²) in [5, 5.41) is 4.72. The van der Waals surface area contributed by atoms with Gasteiger partial charge in [-0.2, -0.15) is 4.31 Å². The number of amides is 1. The first-order chi connectivity index (χ1) is 15.2. The molecule has 0 bridgehead atoms. The summed E-state index contributed by atoms with van der Waals surface area (Å²) in [5.41, 5.74) is 0.740. The first-order valence-corrected chi connectivity index (χ1v) is 12.7. The Hall–Kier alpha value is -2.24. The zero-order valence-corrected chi connectivity index (χ0v) is 19.8. The zero-order valence-electron chi connectivity index (χ0n) is 17.4. The summed E-state index contributed by atoms with van der Waals surface area (Å²) >= 11 is 7.71. The van der Waals surface area contributed by atoms with E-state index in [9.17, 15) is 13.2 Å². The maximum atomic E-state index is 13.2. The monoisotopic (exact) mass is 495 g/mol. The Bertz CT molecular complexity index is 1200. The van der Waals surface area contributed by atoms with Crippen LogP contribution in [0.5, 0.6) is 0 Å². The standard InChI is InChI=1S/C21H22ClN3O5S2/c1-13-10-25(11-14(2)30-13)32(27,28)19-8-15(5-6-17(19)22)20(26)23-9-16-12-29-21(24-16)18-4-3-7-31-18/h3-8,12-14H,9-11H2,1-2H3,(H,23,26)/t13-,14-/m0/s1. The number of nitrogens with zero attached hydrogens (tertiary/aromatic N) is 2. The molecule has 4 rings (SSSR count). The first-order valence-electron chi connectivity index (χ1n) is 9.95. The van der Waals surface area contributed by atoms with E-state index < -0.39 is 15.9 Å². The molecule has 11 heteroatoms. The average molecular weight is 496 g/mol. The van der Waals surface area contributed by atoms with Gasteiger partial charge in [0.1, 0.15) is 11.2 Å². The number of ether oxygens (including phenoxy) is 1. The Labute approximate surface area is 195 Å². The number of sulfonamides is 1. The molecule has 3 aromatic rings. The number of rotatable bonds is 6. The number of oxazole rings is 1. The van der Waals surface area contributed by atoms with E-state index in [1.807, 2.05) is 31.4 Å². The number of aromatic nitrogens is 1. The van der Waals surface area contributed by atoms with Gasteiger partial charge < -0.3 is 14.5 Å². The fraction of sp³-hybridized carbons (Fsp3) is 0.333. The molecular formula is C21H22ClN3O5S2. The number of hydrogen-bond acceptors (Lipinski definition) is 7. The summed E-state index contributed by atoms with van der Waals surface area (Å²) in [5.74, 6) is 0.0422.